The van der Waals surface area contributed by atoms with Gasteiger partial charge in [0.15, 0.2) is 0 Å². The van der Waals surface area contributed by atoms with E-state index in [1.807, 2.05) is 43.3 Å². The lowest BCUT2D eigenvalue weighted by atomic mass is 10.0. The lowest BCUT2D eigenvalue weighted by Gasteiger charge is -2.15. The molecule has 4 rings (SSSR count). The topological polar surface area (TPSA) is 72.8 Å². The van der Waals surface area contributed by atoms with E-state index in [0.29, 0.717) is 12.5 Å². The Bertz CT molecular complexity index is 1030. The van der Waals surface area contributed by atoms with E-state index in [0.717, 1.165) is 22.4 Å². The number of pyridine rings is 1. The predicted molar refractivity (Wildman–Crippen MR) is 106 cm³/mol. The molecule has 0 spiro atoms. The van der Waals surface area contributed by atoms with Crippen molar-refractivity contribution in [2.75, 3.05) is 11.9 Å². The van der Waals surface area contributed by atoms with E-state index in [2.05, 4.69) is 43.7 Å². The molecule has 0 aliphatic rings. The average Bonchev–Trinajstić information content (AvgIpc) is 2.73. The summed E-state index contributed by atoms with van der Waals surface area (Å²) in [5.41, 5.74) is 1.82. The van der Waals surface area contributed by atoms with Crippen LogP contribution in [-0.4, -0.2) is 32.8 Å². The first kappa shape index (κ1) is 16.9. The molecule has 1 atom stereocenters. The lowest BCUT2D eigenvalue weighted by molar-refractivity contribution is 0.233. The summed E-state index contributed by atoms with van der Waals surface area (Å²) in [6.45, 7) is 2.53. The summed E-state index contributed by atoms with van der Waals surface area (Å²) in [6, 6.07) is 18.1. The molecular weight excluding hydrogens is 338 g/mol. The Morgan fingerprint density at radius 3 is 2.78 bits per heavy atom. The Balaban J connectivity index is 1.49. The van der Waals surface area contributed by atoms with Crippen LogP contribution >= 0.6 is 0 Å². The molecule has 0 fully saturated rings. The van der Waals surface area contributed by atoms with Crippen LogP contribution in [0.1, 0.15) is 6.92 Å². The highest BCUT2D eigenvalue weighted by Crippen LogP contribution is 2.26. The van der Waals surface area contributed by atoms with Crippen molar-refractivity contribution in [1.29, 1.82) is 0 Å². The molecule has 2 aromatic carbocycles. The maximum Gasteiger partial charge on any atom is 0.243 e. The molecule has 2 heterocycles. The first-order valence-corrected chi connectivity index (χ1v) is 8.78. The number of fused-ring (bicyclic) bond motifs is 1. The summed E-state index contributed by atoms with van der Waals surface area (Å²) < 4.78 is 5.81. The number of nitrogens with one attached hydrogen (secondary N) is 1. The monoisotopic (exact) mass is 357 g/mol. The van der Waals surface area contributed by atoms with Crippen LogP contribution < -0.4 is 10.1 Å². The Morgan fingerprint density at radius 1 is 1.00 bits per heavy atom. The first-order valence-electron chi connectivity index (χ1n) is 8.78. The Hall–Kier alpha value is -3.54. The van der Waals surface area contributed by atoms with E-state index in [9.17, 15) is 0 Å². The normalized spacial score (nSPS) is 11.9. The van der Waals surface area contributed by atoms with Crippen LogP contribution in [0.5, 0.6) is 5.75 Å². The molecule has 1 unspecified atom stereocenters. The minimum atomic E-state index is -0.0704. The number of hydrogen-bond acceptors (Lipinski definition) is 6. The Morgan fingerprint density at radius 2 is 1.89 bits per heavy atom. The molecule has 0 saturated carbocycles. The van der Waals surface area contributed by atoms with Crippen molar-refractivity contribution in [3.8, 4) is 17.0 Å². The molecule has 2 aromatic heterocycles. The summed E-state index contributed by atoms with van der Waals surface area (Å²) in [5, 5.41) is 13.7. The maximum absolute atomic E-state index is 5.81. The first-order chi connectivity index (χ1) is 13.3. The summed E-state index contributed by atoms with van der Waals surface area (Å²) in [6.07, 6.45) is 5.02. The number of benzene rings is 2. The van der Waals surface area contributed by atoms with Crippen molar-refractivity contribution in [1.82, 2.24) is 20.2 Å². The molecule has 6 nitrogen and oxygen atoms in total. The molecule has 6 heteroatoms. The second-order valence-electron chi connectivity index (χ2n) is 6.19. The summed E-state index contributed by atoms with van der Waals surface area (Å²) >= 11 is 0. The van der Waals surface area contributed by atoms with Crippen LogP contribution in [0.25, 0.3) is 22.0 Å². The van der Waals surface area contributed by atoms with Crippen LogP contribution in [-0.2, 0) is 0 Å². The number of nitrogens with zero attached hydrogens (tertiary/aromatic N) is 4. The van der Waals surface area contributed by atoms with Gasteiger partial charge in [-0.3, -0.25) is 4.98 Å². The van der Waals surface area contributed by atoms with Gasteiger partial charge in [0.1, 0.15) is 11.9 Å². The minimum Gasteiger partial charge on any atom is -0.487 e. The van der Waals surface area contributed by atoms with E-state index in [-0.39, 0.29) is 6.10 Å². The molecular formula is C21H19N5O. The van der Waals surface area contributed by atoms with Crippen molar-refractivity contribution in [3.63, 3.8) is 0 Å². The standard InChI is InChI=1S/C21H19N5O/c1-15(27-17-8-5-11-22-13-17)12-23-21-25-20(14-24-26-21)19-10-4-7-16-6-2-3-9-18(16)19/h2-11,13-15H,12H2,1H3,(H,23,25,26). The third-order valence-electron chi connectivity index (χ3n) is 4.14. The quantitative estimate of drug-likeness (QED) is 0.563. The fourth-order valence-corrected chi connectivity index (χ4v) is 2.88. The van der Waals surface area contributed by atoms with Gasteiger partial charge in [0.2, 0.25) is 5.95 Å². The van der Waals surface area contributed by atoms with Gasteiger partial charge < -0.3 is 10.1 Å². The van der Waals surface area contributed by atoms with Gasteiger partial charge in [-0.2, -0.15) is 5.10 Å². The molecule has 0 saturated heterocycles. The highest BCUT2D eigenvalue weighted by atomic mass is 16.5. The number of hydrogen-bond donors (Lipinski definition) is 1. The van der Waals surface area contributed by atoms with Gasteiger partial charge in [0.05, 0.1) is 24.6 Å². The molecule has 0 aliphatic carbocycles. The third kappa shape index (κ3) is 4.00. The molecule has 4 aromatic rings. The van der Waals surface area contributed by atoms with Crippen molar-refractivity contribution >= 4 is 16.7 Å². The van der Waals surface area contributed by atoms with Crippen LogP contribution in [0.4, 0.5) is 5.95 Å². The number of anilines is 1. The third-order valence-corrected chi connectivity index (χ3v) is 4.14. The number of aromatic nitrogens is 4. The smallest absolute Gasteiger partial charge is 0.243 e. The summed E-state index contributed by atoms with van der Waals surface area (Å²) in [7, 11) is 0. The second kappa shape index (κ2) is 7.78. The zero-order chi connectivity index (χ0) is 18.5. The molecule has 0 amide bonds. The largest absolute Gasteiger partial charge is 0.487 e. The van der Waals surface area contributed by atoms with Gasteiger partial charge in [0.25, 0.3) is 0 Å². The molecule has 1 N–H and O–H groups in total. The van der Waals surface area contributed by atoms with E-state index >= 15 is 0 Å². The van der Waals surface area contributed by atoms with E-state index in [4.69, 9.17) is 4.74 Å². The summed E-state index contributed by atoms with van der Waals surface area (Å²) in [4.78, 5) is 8.67. The molecule has 0 radical (unpaired) electrons. The average molecular weight is 357 g/mol. The van der Waals surface area contributed by atoms with Gasteiger partial charge >= 0.3 is 0 Å². The minimum absolute atomic E-state index is 0.0704. The second-order valence-corrected chi connectivity index (χ2v) is 6.19. The molecule has 27 heavy (non-hydrogen) atoms. The maximum atomic E-state index is 5.81. The lowest BCUT2D eigenvalue weighted by Crippen LogP contribution is -2.23. The van der Waals surface area contributed by atoms with E-state index in [1.54, 1.807) is 18.6 Å². The van der Waals surface area contributed by atoms with Gasteiger partial charge in [0, 0.05) is 11.8 Å². The SMILES string of the molecule is CC(CNc1nncc(-c2cccc3ccccc23)n1)Oc1cccnc1. The summed E-state index contributed by atoms with van der Waals surface area (Å²) in [5.74, 6) is 1.21. The zero-order valence-corrected chi connectivity index (χ0v) is 14.9. The van der Waals surface area contributed by atoms with Crippen molar-refractivity contribution < 1.29 is 4.74 Å². The van der Waals surface area contributed by atoms with E-state index in [1.165, 1.54) is 5.39 Å². The Kier molecular flexibility index (Phi) is 4.87. The van der Waals surface area contributed by atoms with Gasteiger partial charge in [-0.05, 0) is 29.8 Å². The van der Waals surface area contributed by atoms with Gasteiger partial charge in [-0.15, -0.1) is 5.10 Å². The molecule has 134 valence electrons. The van der Waals surface area contributed by atoms with Crippen LogP contribution in [0.2, 0.25) is 0 Å². The number of rotatable bonds is 6. The van der Waals surface area contributed by atoms with Crippen LogP contribution in [0, 0.1) is 0 Å². The molecule has 0 bridgehead atoms. The number of ether oxygens (including phenoxy) is 1. The van der Waals surface area contributed by atoms with Crippen molar-refractivity contribution in [2.24, 2.45) is 0 Å². The highest BCUT2D eigenvalue weighted by molar-refractivity contribution is 5.95. The van der Waals surface area contributed by atoms with E-state index < -0.39 is 0 Å². The van der Waals surface area contributed by atoms with Crippen molar-refractivity contribution in [3.05, 3.63) is 73.2 Å². The predicted octanol–water partition coefficient (Wildman–Crippen LogP) is 3.97. The Labute approximate surface area is 157 Å². The fourth-order valence-electron chi connectivity index (χ4n) is 2.88. The van der Waals surface area contributed by atoms with Gasteiger partial charge in [-0.25, -0.2) is 4.98 Å². The van der Waals surface area contributed by atoms with Crippen LogP contribution in [0.3, 0.4) is 0 Å². The highest BCUT2D eigenvalue weighted by Gasteiger charge is 2.09. The molecule has 0 aliphatic heterocycles. The van der Waals surface area contributed by atoms with Crippen LogP contribution in [0.15, 0.2) is 73.2 Å². The zero-order valence-electron chi connectivity index (χ0n) is 14.9. The fraction of sp³-hybridized carbons (Fsp3) is 0.143. The van der Waals surface area contributed by atoms with Crippen molar-refractivity contribution in [2.45, 2.75) is 13.0 Å². The van der Waals surface area contributed by atoms with Gasteiger partial charge in [-0.1, -0.05) is 42.5 Å².